The molecule has 0 unspecified atom stereocenters. The molecule has 0 saturated heterocycles. The molecule has 0 fully saturated rings. The second-order valence-corrected chi connectivity index (χ2v) is 3.64. The lowest BCUT2D eigenvalue weighted by molar-refractivity contribution is 0.918. The van der Waals surface area contributed by atoms with Crippen LogP contribution in [0.1, 0.15) is 26.2 Å². The standard InChI is InChI=1S/C10H13BrN2/c1-3-8-6-4-5-7-9(11)13-10(8)12-2/h12H,3,5,7H2,1-2H3/b10-8-,13-9+. The highest BCUT2D eigenvalue weighted by molar-refractivity contribution is 9.18. The van der Waals surface area contributed by atoms with E-state index in [9.17, 15) is 0 Å². The maximum absolute atomic E-state index is 4.41. The first-order valence-electron chi connectivity index (χ1n) is 4.40. The summed E-state index contributed by atoms with van der Waals surface area (Å²) in [7, 11) is 1.87. The zero-order valence-electron chi connectivity index (χ0n) is 7.95. The fraction of sp³-hybridized carbons (Fsp3) is 0.500. The van der Waals surface area contributed by atoms with Crippen LogP contribution in [-0.2, 0) is 0 Å². The van der Waals surface area contributed by atoms with Crippen LogP contribution in [0.3, 0.4) is 0 Å². The van der Waals surface area contributed by atoms with Crippen LogP contribution in [0.2, 0.25) is 0 Å². The molecular weight excluding hydrogens is 228 g/mol. The minimum absolute atomic E-state index is 0.880. The van der Waals surface area contributed by atoms with Crippen LogP contribution in [0, 0.1) is 11.8 Å². The smallest absolute Gasteiger partial charge is 0.138 e. The summed E-state index contributed by atoms with van der Waals surface area (Å²) < 4.78 is 0.969. The molecular formula is C10H13BrN2. The van der Waals surface area contributed by atoms with E-state index in [1.165, 1.54) is 0 Å². The summed E-state index contributed by atoms with van der Waals surface area (Å²) in [6.45, 7) is 2.09. The summed E-state index contributed by atoms with van der Waals surface area (Å²) in [5.41, 5.74) is 1.08. The van der Waals surface area contributed by atoms with Crippen LogP contribution in [-0.4, -0.2) is 11.7 Å². The highest BCUT2D eigenvalue weighted by Crippen LogP contribution is 2.12. The van der Waals surface area contributed by atoms with E-state index in [-0.39, 0.29) is 0 Å². The van der Waals surface area contributed by atoms with E-state index in [0.29, 0.717) is 0 Å². The average Bonchev–Trinajstić information content (AvgIpc) is 2.11. The number of nitrogens with one attached hydrogen (secondary N) is 1. The molecule has 1 aliphatic heterocycles. The Morgan fingerprint density at radius 2 is 2.38 bits per heavy atom. The number of nitrogens with zero attached hydrogens (tertiary/aromatic N) is 1. The summed E-state index contributed by atoms with van der Waals surface area (Å²) in [5.74, 6) is 7.15. The van der Waals surface area contributed by atoms with Crippen molar-refractivity contribution in [2.24, 2.45) is 4.99 Å². The number of halogens is 1. The van der Waals surface area contributed by atoms with Crippen LogP contribution >= 0.6 is 15.9 Å². The van der Waals surface area contributed by atoms with E-state index in [1.54, 1.807) is 0 Å². The fourth-order valence-electron chi connectivity index (χ4n) is 1.10. The van der Waals surface area contributed by atoms with Crippen molar-refractivity contribution in [1.29, 1.82) is 0 Å². The van der Waals surface area contributed by atoms with Gasteiger partial charge in [0.05, 0.1) is 4.62 Å². The van der Waals surface area contributed by atoms with Crippen molar-refractivity contribution in [2.45, 2.75) is 26.2 Å². The molecule has 0 bridgehead atoms. The first-order chi connectivity index (χ1) is 6.27. The number of hydrogen-bond acceptors (Lipinski definition) is 2. The Morgan fingerprint density at radius 1 is 1.62 bits per heavy atom. The van der Waals surface area contributed by atoms with E-state index in [0.717, 1.165) is 35.3 Å². The predicted molar refractivity (Wildman–Crippen MR) is 59.7 cm³/mol. The fourth-order valence-corrected chi connectivity index (χ4v) is 1.48. The summed E-state index contributed by atoms with van der Waals surface area (Å²) in [4.78, 5) is 4.41. The van der Waals surface area contributed by atoms with Crippen molar-refractivity contribution in [3.8, 4) is 11.8 Å². The van der Waals surface area contributed by atoms with Gasteiger partial charge in [0.1, 0.15) is 5.82 Å². The molecule has 1 heterocycles. The molecule has 0 atom stereocenters. The van der Waals surface area contributed by atoms with Crippen LogP contribution in [0.5, 0.6) is 0 Å². The first kappa shape index (κ1) is 10.3. The van der Waals surface area contributed by atoms with Crippen LogP contribution in [0.15, 0.2) is 16.4 Å². The summed E-state index contributed by atoms with van der Waals surface area (Å²) in [6.07, 6.45) is 2.70. The van der Waals surface area contributed by atoms with Crippen molar-refractivity contribution in [2.75, 3.05) is 7.05 Å². The van der Waals surface area contributed by atoms with E-state index in [1.807, 2.05) is 7.05 Å². The van der Waals surface area contributed by atoms with Gasteiger partial charge in [-0.2, -0.15) is 0 Å². The SMILES string of the molecule is CC/C1=C(NC)/N=C(/Br)CCC#C1. The lowest BCUT2D eigenvalue weighted by Gasteiger charge is -2.07. The molecule has 0 saturated carbocycles. The average molecular weight is 241 g/mol. The van der Waals surface area contributed by atoms with Crippen LogP contribution < -0.4 is 5.32 Å². The van der Waals surface area contributed by atoms with Gasteiger partial charge in [-0.3, -0.25) is 0 Å². The molecule has 13 heavy (non-hydrogen) atoms. The minimum atomic E-state index is 0.880. The third-order valence-corrected chi connectivity index (χ3v) is 2.38. The van der Waals surface area contributed by atoms with Gasteiger partial charge in [0, 0.05) is 25.5 Å². The second-order valence-electron chi connectivity index (χ2n) is 2.72. The Kier molecular flexibility index (Phi) is 4.04. The topological polar surface area (TPSA) is 24.4 Å². The Morgan fingerprint density at radius 3 is 3.00 bits per heavy atom. The van der Waals surface area contributed by atoms with E-state index in [4.69, 9.17) is 0 Å². The number of aliphatic imine (C=N–C) groups is 1. The largest absolute Gasteiger partial charge is 0.372 e. The van der Waals surface area contributed by atoms with Crippen LogP contribution in [0.25, 0.3) is 0 Å². The molecule has 0 aliphatic carbocycles. The number of hydrogen-bond donors (Lipinski definition) is 1. The highest BCUT2D eigenvalue weighted by Gasteiger charge is 2.03. The zero-order valence-corrected chi connectivity index (χ0v) is 9.53. The summed E-state index contributed by atoms with van der Waals surface area (Å²) in [6, 6.07) is 0. The second kappa shape index (κ2) is 5.08. The van der Waals surface area contributed by atoms with Crippen molar-refractivity contribution in [3.63, 3.8) is 0 Å². The Labute approximate surface area is 87.6 Å². The van der Waals surface area contributed by atoms with Crippen molar-refractivity contribution in [1.82, 2.24) is 5.32 Å². The normalized spacial score (nSPS) is 26.2. The van der Waals surface area contributed by atoms with Gasteiger partial charge in [0.15, 0.2) is 0 Å². The monoisotopic (exact) mass is 240 g/mol. The lowest BCUT2D eigenvalue weighted by Crippen LogP contribution is -2.09. The molecule has 0 amide bonds. The van der Waals surface area contributed by atoms with E-state index >= 15 is 0 Å². The van der Waals surface area contributed by atoms with Crippen LogP contribution in [0.4, 0.5) is 0 Å². The molecule has 1 N–H and O–H groups in total. The molecule has 0 aromatic rings. The molecule has 0 spiro atoms. The van der Waals surface area contributed by atoms with Gasteiger partial charge < -0.3 is 5.32 Å². The Bertz CT molecular complexity index is 305. The predicted octanol–water partition coefficient (Wildman–Crippen LogP) is 2.42. The summed E-state index contributed by atoms with van der Waals surface area (Å²) in [5, 5.41) is 3.06. The van der Waals surface area contributed by atoms with Crippen molar-refractivity contribution >= 4 is 20.6 Å². The van der Waals surface area contributed by atoms with E-state index in [2.05, 4.69) is 45.0 Å². The summed E-state index contributed by atoms with van der Waals surface area (Å²) >= 11 is 3.42. The van der Waals surface area contributed by atoms with Gasteiger partial charge in [-0.1, -0.05) is 18.8 Å². The number of allylic oxidation sites excluding steroid dienone is 1. The Balaban J connectivity index is 3.05. The van der Waals surface area contributed by atoms with Crippen molar-refractivity contribution < 1.29 is 0 Å². The maximum Gasteiger partial charge on any atom is 0.138 e. The molecule has 1 aliphatic rings. The minimum Gasteiger partial charge on any atom is -0.372 e. The lowest BCUT2D eigenvalue weighted by atomic mass is 10.2. The molecule has 2 nitrogen and oxygen atoms in total. The van der Waals surface area contributed by atoms with Gasteiger partial charge in [-0.05, 0) is 22.4 Å². The highest BCUT2D eigenvalue weighted by atomic mass is 79.9. The third kappa shape index (κ3) is 2.89. The quantitative estimate of drug-likeness (QED) is 0.737. The van der Waals surface area contributed by atoms with Gasteiger partial charge in [-0.15, -0.1) is 0 Å². The van der Waals surface area contributed by atoms with Crippen molar-refractivity contribution in [3.05, 3.63) is 11.4 Å². The van der Waals surface area contributed by atoms with Gasteiger partial charge >= 0.3 is 0 Å². The van der Waals surface area contributed by atoms with E-state index < -0.39 is 0 Å². The molecule has 0 aromatic carbocycles. The zero-order chi connectivity index (χ0) is 9.68. The molecule has 70 valence electrons. The number of rotatable bonds is 2. The molecule has 3 heteroatoms. The van der Waals surface area contributed by atoms with Gasteiger partial charge in [0.25, 0.3) is 0 Å². The molecule has 0 aromatic heterocycles. The van der Waals surface area contributed by atoms with Gasteiger partial charge in [0.2, 0.25) is 0 Å². The first-order valence-corrected chi connectivity index (χ1v) is 5.20. The maximum atomic E-state index is 4.41. The Hall–Kier alpha value is -0.750. The third-order valence-electron chi connectivity index (χ3n) is 1.80. The molecule has 1 rings (SSSR count). The van der Waals surface area contributed by atoms with Gasteiger partial charge in [-0.25, -0.2) is 4.99 Å². The molecule has 0 radical (unpaired) electrons.